The molecular weight excluding hydrogens is 240 g/mol. The molecule has 1 rings (SSSR count). The number of para-hydroxylation sites is 1. The SMILES string of the molecule is CC(=NN(C=O)c1ccccc1)C(C#N)=CN(C)C. The molecule has 0 radical (unpaired) electrons. The molecule has 0 fully saturated rings. The minimum absolute atomic E-state index is 0.410. The highest BCUT2D eigenvalue weighted by atomic mass is 16.1. The lowest BCUT2D eigenvalue weighted by atomic mass is 10.2. The third kappa shape index (κ3) is 4.28. The molecule has 1 aromatic rings. The molecule has 1 amide bonds. The molecule has 0 saturated carbocycles. The maximum atomic E-state index is 11.1. The fourth-order valence-corrected chi connectivity index (χ4v) is 1.40. The minimum Gasteiger partial charge on any atom is -0.382 e. The van der Waals surface area contributed by atoms with Gasteiger partial charge in [0.15, 0.2) is 0 Å². The minimum atomic E-state index is 0.410. The first-order valence-corrected chi connectivity index (χ1v) is 5.72. The summed E-state index contributed by atoms with van der Waals surface area (Å²) in [7, 11) is 3.64. The largest absolute Gasteiger partial charge is 0.382 e. The topological polar surface area (TPSA) is 59.7 Å². The first-order chi connectivity index (χ1) is 9.08. The lowest BCUT2D eigenvalue weighted by Crippen LogP contribution is -2.17. The molecule has 0 aliphatic carbocycles. The van der Waals surface area contributed by atoms with Crippen LogP contribution in [0.1, 0.15) is 6.92 Å². The summed E-state index contributed by atoms with van der Waals surface area (Å²) in [5, 5.41) is 14.4. The molecule has 0 spiro atoms. The van der Waals surface area contributed by atoms with E-state index in [0.717, 1.165) is 0 Å². The number of hydrogen-bond acceptors (Lipinski definition) is 4. The molecule has 0 heterocycles. The number of anilines is 1. The van der Waals surface area contributed by atoms with Gasteiger partial charge in [0.05, 0.1) is 17.0 Å². The summed E-state index contributed by atoms with van der Waals surface area (Å²) in [4.78, 5) is 12.8. The van der Waals surface area contributed by atoms with Gasteiger partial charge < -0.3 is 4.90 Å². The Balaban J connectivity index is 3.05. The molecule has 0 bridgehead atoms. The highest BCUT2D eigenvalue weighted by Gasteiger charge is 2.06. The van der Waals surface area contributed by atoms with Crippen LogP contribution in [0, 0.1) is 11.3 Å². The Kier molecular flexibility index (Phi) is 5.30. The van der Waals surface area contributed by atoms with Gasteiger partial charge in [-0.1, -0.05) is 18.2 Å². The van der Waals surface area contributed by atoms with Crippen molar-refractivity contribution in [2.45, 2.75) is 6.92 Å². The van der Waals surface area contributed by atoms with Crippen molar-refractivity contribution in [3.8, 4) is 6.07 Å². The van der Waals surface area contributed by atoms with E-state index in [-0.39, 0.29) is 0 Å². The monoisotopic (exact) mass is 256 g/mol. The Hall–Kier alpha value is -2.61. The van der Waals surface area contributed by atoms with Crippen molar-refractivity contribution in [2.75, 3.05) is 19.1 Å². The Morgan fingerprint density at radius 1 is 1.32 bits per heavy atom. The van der Waals surface area contributed by atoms with Gasteiger partial charge in [-0.2, -0.15) is 10.4 Å². The molecule has 1 aromatic carbocycles. The molecule has 19 heavy (non-hydrogen) atoms. The molecule has 0 N–H and O–H groups in total. The Morgan fingerprint density at radius 2 is 1.95 bits per heavy atom. The second-order valence-electron chi connectivity index (χ2n) is 4.09. The van der Waals surface area contributed by atoms with Crippen LogP contribution < -0.4 is 5.01 Å². The summed E-state index contributed by atoms with van der Waals surface area (Å²) in [6, 6.07) is 11.1. The fourth-order valence-electron chi connectivity index (χ4n) is 1.40. The molecule has 5 nitrogen and oxygen atoms in total. The Bertz CT molecular complexity index is 526. The zero-order chi connectivity index (χ0) is 14.3. The smallest absolute Gasteiger partial charge is 0.234 e. The number of benzene rings is 1. The molecular formula is C14H16N4O. The van der Waals surface area contributed by atoms with Gasteiger partial charge in [-0.15, -0.1) is 0 Å². The normalized spacial score (nSPS) is 11.7. The molecule has 0 aliphatic heterocycles. The van der Waals surface area contributed by atoms with Crippen molar-refractivity contribution >= 4 is 17.8 Å². The summed E-state index contributed by atoms with van der Waals surface area (Å²) in [6.07, 6.45) is 2.27. The third-order valence-corrected chi connectivity index (χ3v) is 2.28. The third-order valence-electron chi connectivity index (χ3n) is 2.28. The standard InChI is InChI=1S/C14H16N4O/c1-12(13(9-15)10-17(2)3)16-18(11-19)14-7-5-4-6-8-14/h4-8,10-11H,1-3H3. The number of hydrogen-bond donors (Lipinski definition) is 0. The zero-order valence-electron chi connectivity index (χ0n) is 11.2. The van der Waals surface area contributed by atoms with Crippen LogP contribution in [0.4, 0.5) is 5.69 Å². The summed E-state index contributed by atoms with van der Waals surface area (Å²) < 4.78 is 0. The van der Waals surface area contributed by atoms with E-state index in [0.29, 0.717) is 23.4 Å². The molecule has 5 heteroatoms. The number of amides is 1. The molecule has 0 aliphatic rings. The van der Waals surface area contributed by atoms with Crippen molar-refractivity contribution in [1.29, 1.82) is 5.26 Å². The van der Waals surface area contributed by atoms with Crippen LogP contribution in [-0.2, 0) is 4.79 Å². The van der Waals surface area contributed by atoms with E-state index in [1.165, 1.54) is 5.01 Å². The average molecular weight is 256 g/mol. The number of allylic oxidation sites excluding steroid dienone is 1. The number of carbonyl (C=O) groups is 1. The van der Waals surface area contributed by atoms with Gasteiger partial charge in [-0.3, -0.25) is 4.79 Å². The summed E-state index contributed by atoms with van der Waals surface area (Å²) >= 11 is 0. The second-order valence-corrected chi connectivity index (χ2v) is 4.09. The molecule has 0 atom stereocenters. The molecule has 98 valence electrons. The van der Waals surface area contributed by atoms with Crippen LogP contribution in [0.25, 0.3) is 0 Å². The first-order valence-electron chi connectivity index (χ1n) is 5.72. The van der Waals surface area contributed by atoms with Crippen LogP contribution in [-0.4, -0.2) is 31.1 Å². The molecule has 0 unspecified atom stereocenters. The predicted molar refractivity (Wildman–Crippen MR) is 75.5 cm³/mol. The second kappa shape index (κ2) is 6.97. The van der Waals surface area contributed by atoms with Gasteiger partial charge in [0.1, 0.15) is 6.07 Å². The van der Waals surface area contributed by atoms with Gasteiger partial charge in [0.2, 0.25) is 6.41 Å². The number of hydrazone groups is 1. The van der Waals surface area contributed by atoms with Crippen LogP contribution >= 0.6 is 0 Å². The van der Waals surface area contributed by atoms with E-state index < -0.39 is 0 Å². The van der Waals surface area contributed by atoms with Crippen molar-refractivity contribution in [2.24, 2.45) is 5.10 Å². The quantitative estimate of drug-likeness (QED) is 0.350. The van der Waals surface area contributed by atoms with E-state index in [2.05, 4.69) is 11.2 Å². The summed E-state index contributed by atoms with van der Waals surface area (Å²) in [5.41, 5.74) is 1.54. The number of nitriles is 1. The Morgan fingerprint density at radius 3 is 2.42 bits per heavy atom. The van der Waals surface area contributed by atoms with Gasteiger partial charge in [0, 0.05) is 20.3 Å². The van der Waals surface area contributed by atoms with E-state index in [1.807, 2.05) is 32.3 Å². The van der Waals surface area contributed by atoms with Crippen molar-refractivity contribution in [3.05, 3.63) is 42.1 Å². The van der Waals surface area contributed by atoms with Crippen LogP contribution in [0.2, 0.25) is 0 Å². The lowest BCUT2D eigenvalue weighted by molar-refractivity contribution is -0.107. The van der Waals surface area contributed by atoms with Gasteiger partial charge in [-0.05, 0) is 19.1 Å². The maximum absolute atomic E-state index is 11.1. The van der Waals surface area contributed by atoms with E-state index in [4.69, 9.17) is 5.26 Å². The average Bonchev–Trinajstić information content (AvgIpc) is 2.42. The van der Waals surface area contributed by atoms with Gasteiger partial charge in [-0.25, -0.2) is 5.01 Å². The highest BCUT2D eigenvalue weighted by Crippen LogP contribution is 2.12. The fraction of sp³-hybridized carbons (Fsp3) is 0.214. The summed E-state index contributed by atoms with van der Waals surface area (Å²) in [5.74, 6) is 0. The Labute approximate surface area is 113 Å². The van der Waals surface area contributed by atoms with Crippen LogP contribution in [0.15, 0.2) is 47.2 Å². The van der Waals surface area contributed by atoms with Crippen molar-refractivity contribution in [1.82, 2.24) is 4.90 Å². The van der Waals surface area contributed by atoms with Crippen LogP contribution in [0.3, 0.4) is 0 Å². The lowest BCUT2D eigenvalue weighted by Gasteiger charge is -2.13. The highest BCUT2D eigenvalue weighted by molar-refractivity contribution is 6.02. The maximum Gasteiger partial charge on any atom is 0.234 e. The molecule has 0 saturated heterocycles. The van der Waals surface area contributed by atoms with Crippen LogP contribution in [0.5, 0.6) is 0 Å². The predicted octanol–water partition coefficient (Wildman–Crippen LogP) is 1.99. The van der Waals surface area contributed by atoms with Crippen molar-refractivity contribution in [3.63, 3.8) is 0 Å². The van der Waals surface area contributed by atoms with Gasteiger partial charge >= 0.3 is 0 Å². The van der Waals surface area contributed by atoms with E-state index in [9.17, 15) is 4.79 Å². The van der Waals surface area contributed by atoms with Crippen molar-refractivity contribution < 1.29 is 4.79 Å². The molecule has 0 aromatic heterocycles. The van der Waals surface area contributed by atoms with E-state index in [1.54, 1.807) is 30.2 Å². The zero-order valence-corrected chi connectivity index (χ0v) is 11.2. The summed E-state index contributed by atoms with van der Waals surface area (Å²) in [6.45, 7) is 1.69. The number of nitrogens with zero attached hydrogens (tertiary/aromatic N) is 4. The first kappa shape index (κ1) is 14.5. The van der Waals surface area contributed by atoms with E-state index >= 15 is 0 Å². The van der Waals surface area contributed by atoms with Gasteiger partial charge in [0.25, 0.3) is 0 Å². The number of rotatable bonds is 5. The number of carbonyl (C=O) groups excluding carboxylic acids is 1.